The molecule has 5 aromatic carbocycles. The summed E-state index contributed by atoms with van der Waals surface area (Å²) in [6.07, 6.45) is -3.99. The summed E-state index contributed by atoms with van der Waals surface area (Å²) in [4.78, 5) is 264. The van der Waals surface area contributed by atoms with Gasteiger partial charge in [0.05, 0.1) is 51.5 Å². The average Bonchev–Trinajstić information content (AvgIpc) is 1.68. The van der Waals surface area contributed by atoms with Crippen LogP contribution in [0.1, 0.15) is 115 Å². The first-order valence-electron chi connectivity index (χ1n) is 44.7. The Morgan fingerprint density at radius 3 is 1.09 bits per heavy atom. The third-order valence-corrected chi connectivity index (χ3v) is 21.7. The highest BCUT2D eigenvalue weighted by Crippen LogP contribution is 2.22. The lowest BCUT2D eigenvalue weighted by atomic mass is 10.00. The zero-order chi connectivity index (χ0) is 103. The van der Waals surface area contributed by atoms with E-state index in [1.807, 2.05) is 0 Å². The molecule has 0 aliphatic carbocycles. The number of aromatic amines is 1. The minimum atomic E-state index is -2.04. The van der Waals surface area contributed by atoms with E-state index in [1.54, 1.807) is 113 Å². The Bertz CT molecular complexity index is 5240. The van der Waals surface area contributed by atoms with Crippen LogP contribution in [0.3, 0.4) is 0 Å². The number of H-pyrrole nitrogens is 1. The lowest BCUT2D eigenvalue weighted by Crippen LogP contribution is -2.62. The molecule has 0 unspecified atom stereocenters. The summed E-state index contributed by atoms with van der Waals surface area (Å²) < 4.78 is 0. The summed E-state index contributed by atoms with van der Waals surface area (Å²) in [5, 5.41) is 130. The molecule has 46 heteroatoms. The molecule has 0 saturated carbocycles. The molecular formula is C93H124N18O28. The van der Waals surface area contributed by atoms with Crippen LogP contribution < -0.4 is 90.8 Å². The first-order valence-corrected chi connectivity index (χ1v) is 44.7. The number of para-hydroxylation sites is 1. The Kier molecular flexibility index (Phi) is 45.3. The third kappa shape index (κ3) is 37.9. The van der Waals surface area contributed by atoms with Crippen LogP contribution in [0.5, 0.6) is 11.5 Å². The molecule has 0 radical (unpaired) electrons. The zero-order valence-electron chi connectivity index (χ0n) is 77.7. The molecule has 754 valence electrons. The predicted octanol–water partition coefficient (Wildman–Crippen LogP) is -5.01. The average molecular weight is 1940 g/mol. The predicted molar refractivity (Wildman–Crippen MR) is 496 cm³/mol. The second-order valence-corrected chi connectivity index (χ2v) is 34.4. The van der Waals surface area contributed by atoms with Gasteiger partial charge in [0.25, 0.3) is 0 Å². The number of phenols is 2. The van der Waals surface area contributed by atoms with E-state index < -0.39 is 280 Å². The molecule has 139 heavy (non-hydrogen) atoms. The Morgan fingerprint density at radius 1 is 0.338 bits per heavy atom. The first-order chi connectivity index (χ1) is 65.8. The molecule has 0 aliphatic rings. The van der Waals surface area contributed by atoms with Crippen LogP contribution in [0, 0.1) is 17.8 Å². The lowest BCUT2D eigenvalue weighted by Gasteiger charge is -2.28. The summed E-state index contributed by atoms with van der Waals surface area (Å²) in [7, 11) is 0. The van der Waals surface area contributed by atoms with Gasteiger partial charge >= 0.3 is 17.9 Å². The van der Waals surface area contributed by atoms with E-state index in [1.165, 1.54) is 75.5 Å². The SMILES string of the molecule is CC(C)C[C@H](NC(=O)CNC(=O)[C@H](CO)NC(=O)[C@H](Cc1ccccc1)NC(=O)[C@H](Cc1ccc(O)cc1)NC(=O)[C@H](CO)NC(=O)[C@H](Cc1ccc(O)cc1)NC(=O)[C@H](Cc1ccccc1)NC(=O)[C@H](CC(=O)O)NC(=O)[C@H](Cc1c[nH]c2ccccc12)NC(=O)CNC(=O)[C@@H](N)CCC(=O)O)C(=O)N[C@@H](CC(C)C)C(=O)N[C@@H](C)C(=O)N[C@@H](CO)C(=O)N[C@H](C(=O)N[C@H](C(=O)O)[C@@H](C)O)C(C)C. The Morgan fingerprint density at radius 2 is 0.676 bits per heavy atom. The number of nitrogens with two attached hydrogens (primary N) is 1. The Hall–Kier alpha value is -15.0. The molecule has 1 heterocycles. The molecule has 1 aromatic heterocycles. The lowest BCUT2D eigenvalue weighted by molar-refractivity contribution is -0.145. The van der Waals surface area contributed by atoms with Crippen LogP contribution in [0.2, 0.25) is 0 Å². The van der Waals surface area contributed by atoms with Gasteiger partial charge in [0.1, 0.15) is 90.0 Å². The van der Waals surface area contributed by atoms with Crippen LogP contribution in [0.4, 0.5) is 0 Å². The number of aliphatic hydroxyl groups excluding tert-OH is 4. The van der Waals surface area contributed by atoms with E-state index in [9.17, 15) is 127 Å². The maximum absolute atomic E-state index is 15.0. The van der Waals surface area contributed by atoms with Crippen molar-refractivity contribution in [3.63, 3.8) is 0 Å². The monoisotopic (exact) mass is 1940 g/mol. The number of hydrogen-bond acceptors (Lipinski definition) is 26. The van der Waals surface area contributed by atoms with Gasteiger partial charge in [-0.05, 0) is 109 Å². The molecule has 28 N–H and O–H groups in total. The number of phenolic OH excluding ortho intramolecular Hbond substituents is 2. The number of aliphatic carboxylic acids is 3. The van der Waals surface area contributed by atoms with Crippen LogP contribution in [0.15, 0.2) is 140 Å². The molecule has 6 rings (SSSR count). The quantitative estimate of drug-likeness (QED) is 0.0170. The van der Waals surface area contributed by atoms with Crippen molar-refractivity contribution < 1.29 is 137 Å². The van der Waals surface area contributed by atoms with Gasteiger partial charge < -0.3 is 142 Å². The Balaban J connectivity index is 1.18. The summed E-state index contributed by atoms with van der Waals surface area (Å²) >= 11 is 0. The topological polar surface area (TPSA) is 741 Å². The molecule has 6 aromatic rings. The van der Waals surface area contributed by atoms with Crippen LogP contribution in [-0.2, 0) is 123 Å². The number of carboxylic acids is 3. The number of aromatic nitrogens is 1. The molecular weight excluding hydrogens is 1820 g/mol. The number of carboxylic acid groups (broad SMARTS) is 3. The van der Waals surface area contributed by atoms with Gasteiger partial charge in [-0.3, -0.25) is 86.3 Å². The van der Waals surface area contributed by atoms with Gasteiger partial charge in [-0.2, -0.15) is 0 Å². The zero-order valence-corrected chi connectivity index (χ0v) is 77.7. The van der Waals surface area contributed by atoms with Crippen molar-refractivity contribution in [1.29, 1.82) is 0 Å². The van der Waals surface area contributed by atoms with Gasteiger partial charge in [0.15, 0.2) is 6.04 Å². The number of aliphatic hydroxyl groups is 4. The van der Waals surface area contributed by atoms with Gasteiger partial charge in [-0.1, -0.05) is 145 Å². The van der Waals surface area contributed by atoms with E-state index >= 15 is 4.79 Å². The maximum atomic E-state index is 15.0. The third-order valence-electron chi connectivity index (χ3n) is 21.7. The Labute approximate surface area is 798 Å². The molecule has 46 nitrogen and oxygen atoms in total. The van der Waals surface area contributed by atoms with Crippen molar-refractivity contribution in [3.8, 4) is 11.5 Å². The highest BCUT2D eigenvalue weighted by Gasteiger charge is 2.40. The largest absolute Gasteiger partial charge is 0.508 e. The molecule has 0 bridgehead atoms. The van der Waals surface area contributed by atoms with Crippen LogP contribution >= 0.6 is 0 Å². The normalized spacial score (nSPS) is 14.6. The van der Waals surface area contributed by atoms with Gasteiger partial charge in [0, 0.05) is 55.6 Å². The number of carbonyl (C=O) groups is 19. The fraction of sp³-hybridized carbons (Fsp3) is 0.452. The summed E-state index contributed by atoms with van der Waals surface area (Å²) in [6.45, 7) is 7.11. The summed E-state index contributed by atoms with van der Waals surface area (Å²) in [5.74, 6) is -23.5. The fourth-order valence-electron chi connectivity index (χ4n) is 14.1. The van der Waals surface area contributed by atoms with Gasteiger partial charge in [-0.15, -0.1) is 0 Å². The minimum Gasteiger partial charge on any atom is -0.508 e. The second kappa shape index (κ2) is 55.9. The van der Waals surface area contributed by atoms with E-state index in [-0.39, 0.29) is 66.6 Å². The van der Waals surface area contributed by atoms with E-state index in [0.717, 1.165) is 6.92 Å². The smallest absolute Gasteiger partial charge is 0.328 e. The molecule has 0 fully saturated rings. The fourth-order valence-corrected chi connectivity index (χ4v) is 14.1. The number of benzene rings is 5. The highest BCUT2D eigenvalue weighted by atomic mass is 16.4. The molecule has 0 saturated heterocycles. The van der Waals surface area contributed by atoms with E-state index in [4.69, 9.17) is 10.8 Å². The number of carbonyl (C=O) groups excluding carboxylic acids is 16. The highest BCUT2D eigenvalue weighted by molar-refractivity contribution is 6.02. The number of aromatic hydroxyl groups is 2. The summed E-state index contributed by atoms with van der Waals surface area (Å²) in [6, 6.07) is 8.03. The minimum absolute atomic E-state index is 0.0430. The maximum Gasteiger partial charge on any atom is 0.328 e. The molecule has 0 aliphatic heterocycles. The van der Waals surface area contributed by atoms with Crippen molar-refractivity contribution in [2.75, 3.05) is 32.9 Å². The van der Waals surface area contributed by atoms with Gasteiger partial charge in [-0.25, -0.2) is 4.79 Å². The van der Waals surface area contributed by atoms with Gasteiger partial charge in [0.2, 0.25) is 94.5 Å². The first kappa shape index (κ1) is 113. The molecule has 16 amide bonds. The number of rotatable bonds is 57. The number of nitrogens with one attached hydrogen (secondary N) is 17. The molecule has 16 atom stereocenters. The molecule has 0 spiro atoms. The van der Waals surface area contributed by atoms with E-state index in [2.05, 4.69) is 90.1 Å². The van der Waals surface area contributed by atoms with E-state index in [0.29, 0.717) is 27.6 Å². The van der Waals surface area contributed by atoms with Crippen molar-refractivity contribution in [3.05, 3.63) is 167 Å². The summed E-state index contributed by atoms with van der Waals surface area (Å²) in [5.41, 5.74) is 8.17. The number of amides is 16. The van der Waals surface area contributed by atoms with Crippen molar-refractivity contribution in [1.82, 2.24) is 90.1 Å². The second-order valence-electron chi connectivity index (χ2n) is 34.4. The number of hydrogen-bond donors (Lipinski definition) is 27. The van der Waals surface area contributed by atoms with Crippen molar-refractivity contribution in [2.24, 2.45) is 23.5 Å². The van der Waals surface area contributed by atoms with Crippen molar-refractivity contribution >= 4 is 123 Å². The van der Waals surface area contributed by atoms with Crippen LogP contribution in [-0.4, -0.2) is 293 Å². The number of fused-ring (bicyclic) bond motifs is 1. The van der Waals surface area contributed by atoms with Crippen LogP contribution in [0.25, 0.3) is 10.9 Å². The standard InChI is InChI=1S/C93H124N18O28/c1-47(2)33-62(83(128)101-63(34-48(3)4)82(127)98-50(7)79(124)107-72(46-114)91(136)110-77(49(5)6)92(137)111-78(51(8)115)93(138)139)99-74(119)43-97-81(126)70(44-112)108-86(131)65(36-53-19-13-10-14-20-53)102-85(130)66(37-54-23-27-57(116)28-24-54)105-90(135)71(45-113)109-87(132)67(38-55-25-29-58(117)30-26-55)103-84(129)64(35-52-17-11-9-12-18-52)104-89(134)69(40-76(122)123)106-88(133)68(39-56-41-95-61-22-16-15-21-59(56)61)100-73(118)42-96-80(125)60(94)31-32-75(120)121/h9-30,41,47-51,60,62-72,77-78,95,112-117H,31-40,42-46,94H2,1-8H3,(H,96,125)(H,97,126)(H,98,127)(H,99,119)(H,100,118)(H,101,128)(H,102,130)(H,103,129)(H,104,134)(H,105,135)(H,106,133)(H,107,124)(H,108,131)(H,109,132)(H,110,136)(H,111,137)(H,120,121)(H,122,123)(H,138,139)/t50-,51+,60-,62-,63-,64-,65-,66-,67-,68-,69-,70-,71-,72-,77-,78-/m0/s1. The van der Waals surface area contributed by atoms with Crippen molar-refractivity contribution in [2.45, 2.75) is 216 Å².